The van der Waals surface area contributed by atoms with E-state index in [0.29, 0.717) is 29.4 Å². The first-order valence-electron chi connectivity index (χ1n) is 12.0. The Morgan fingerprint density at radius 1 is 1.11 bits per heavy atom. The molecule has 1 saturated heterocycles. The maximum atomic E-state index is 12.9. The van der Waals surface area contributed by atoms with E-state index in [4.69, 9.17) is 14.5 Å². The summed E-state index contributed by atoms with van der Waals surface area (Å²) in [6.07, 6.45) is -0.148. The highest BCUT2D eigenvalue weighted by Crippen LogP contribution is 2.44. The first-order valence-corrected chi connectivity index (χ1v) is 13.1. The predicted molar refractivity (Wildman–Crippen MR) is 140 cm³/mol. The number of rotatable bonds is 7. The number of ketones is 1. The summed E-state index contributed by atoms with van der Waals surface area (Å²) in [7, 11) is 1.65. The Morgan fingerprint density at radius 3 is 2.60 bits per heavy atom. The molecule has 2 aliphatic rings. The highest BCUT2D eigenvalue weighted by molar-refractivity contribution is 7.99. The summed E-state index contributed by atoms with van der Waals surface area (Å²) < 4.78 is 11.5. The molecule has 1 N–H and O–H groups in total. The van der Waals surface area contributed by atoms with Gasteiger partial charge in [-0.05, 0) is 42.4 Å². The molecule has 3 atom stereocenters. The first-order chi connectivity index (χ1) is 17.1. The number of aliphatic hydroxyl groups is 1. The van der Waals surface area contributed by atoms with Crippen LogP contribution in [0.3, 0.4) is 0 Å². The number of hydrogen-bond acceptors (Lipinski definition) is 6. The van der Waals surface area contributed by atoms with Crippen LogP contribution in [0.5, 0.6) is 11.5 Å². The predicted octanol–water partition coefficient (Wildman–Crippen LogP) is 5.45. The van der Waals surface area contributed by atoms with Gasteiger partial charge in [-0.1, -0.05) is 54.6 Å². The lowest BCUT2D eigenvalue weighted by Gasteiger charge is -2.35. The van der Waals surface area contributed by atoms with Crippen LogP contribution in [0.1, 0.15) is 58.0 Å². The van der Waals surface area contributed by atoms with Crippen molar-refractivity contribution in [3.63, 3.8) is 0 Å². The van der Waals surface area contributed by atoms with Crippen molar-refractivity contribution in [1.82, 2.24) is 0 Å². The van der Waals surface area contributed by atoms with Gasteiger partial charge in [-0.15, -0.1) is 0 Å². The summed E-state index contributed by atoms with van der Waals surface area (Å²) in [5.74, 6) is 3.63. The molecule has 0 radical (unpaired) electrons. The Kier molecular flexibility index (Phi) is 6.93. The van der Waals surface area contributed by atoms with E-state index in [2.05, 4.69) is 6.07 Å². The van der Waals surface area contributed by atoms with Crippen molar-refractivity contribution in [3.05, 3.63) is 94.5 Å². The molecule has 0 saturated carbocycles. The van der Waals surface area contributed by atoms with Crippen molar-refractivity contribution in [2.45, 2.75) is 31.4 Å². The molecule has 0 aliphatic carbocycles. The van der Waals surface area contributed by atoms with Crippen molar-refractivity contribution >= 4 is 23.3 Å². The Hall–Kier alpha value is -3.09. The molecule has 35 heavy (non-hydrogen) atoms. The third kappa shape index (κ3) is 4.60. The summed E-state index contributed by atoms with van der Waals surface area (Å²) >= 11 is 1.97. The lowest BCUT2D eigenvalue weighted by atomic mass is 9.81. The highest BCUT2D eigenvalue weighted by atomic mass is 32.2. The average Bonchev–Trinajstić information content (AvgIpc) is 2.92. The minimum atomic E-state index is -1.18. The van der Waals surface area contributed by atoms with E-state index in [1.165, 1.54) is 5.56 Å². The van der Waals surface area contributed by atoms with Gasteiger partial charge >= 0.3 is 0 Å². The molecule has 180 valence electrons. The van der Waals surface area contributed by atoms with E-state index in [1.54, 1.807) is 31.4 Å². The van der Waals surface area contributed by atoms with Gasteiger partial charge in [0.2, 0.25) is 0 Å². The zero-order valence-electron chi connectivity index (χ0n) is 19.9. The Labute approximate surface area is 210 Å². The van der Waals surface area contributed by atoms with Crippen LogP contribution in [-0.4, -0.2) is 47.9 Å². The number of carbonyl (C=O) groups excluding carboxylic acids is 1. The molecule has 0 aromatic heterocycles. The zero-order valence-corrected chi connectivity index (χ0v) is 20.8. The number of aliphatic hydroxyl groups excluding tert-OH is 1. The number of carbonyl (C=O) groups is 1. The number of hydrogen-bond donors (Lipinski definition) is 1. The molecule has 2 aliphatic heterocycles. The van der Waals surface area contributed by atoms with Gasteiger partial charge < -0.3 is 14.6 Å². The molecule has 2 heterocycles. The van der Waals surface area contributed by atoms with Crippen LogP contribution < -0.4 is 9.47 Å². The number of aliphatic imine (C=N–C) groups is 1. The number of benzene rings is 3. The largest absolute Gasteiger partial charge is 0.493 e. The minimum Gasteiger partial charge on any atom is -0.493 e. The fourth-order valence-electron chi connectivity index (χ4n) is 4.90. The molecule has 5 rings (SSSR count). The summed E-state index contributed by atoms with van der Waals surface area (Å²) in [5, 5.41) is 10.5. The van der Waals surface area contributed by atoms with Crippen molar-refractivity contribution < 1.29 is 19.4 Å². The second-order valence-corrected chi connectivity index (χ2v) is 9.94. The number of thioether (sulfide) groups is 1. The van der Waals surface area contributed by atoms with E-state index in [1.807, 2.05) is 55.1 Å². The molecular formula is C29H29NO4S. The zero-order chi connectivity index (χ0) is 24.4. The van der Waals surface area contributed by atoms with Crippen molar-refractivity contribution in [3.8, 4) is 11.5 Å². The van der Waals surface area contributed by atoms with Gasteiger partial charge in [-0.2, -0.15) is 11.8 Å². The third-order valence-corrected chi connectivity index (χ3v) is 7.83. The van der Waals surface area contributed by atoms with Crippen molar-refractivity contribution in [2.75, 3.05) is 25.2 Å². The number of methoxy groups -OCH3 is 1. The van der Waals surface area contributed by atoms with Gasteiger partial charge in [0.25, 0.3) is 0 Å². The first kappa shape index (κ1) is 23.6. The normalized spacial score (nSPS) is 19.7. The average molecular weight is 488 g/mol. The van der Waals surface area contributed by atoms with Crippen molar-refractivity contribution in [1.29, 1.82) is 0 Å². The highest BCUT2D eigenvalue weighted by Gasteiger charge is 2.35. The number of nitrogens with zero attached hydrogens (tertiary/aromatic N) is 1. The summed E-state index contributed by atoms with van der Waals surface area (Å²) in [6.45, 7) is 2.55. The topological polar surface area (TPSA) is 68.1 Å². The molecule has 5 nitrogen and oxygen atoms in total. The number of Topliss-reactive ketones (excluding diaryl/α,β-unsaturated/α-hetero) is 1. The Balaban J connectivity index is 1.51. The van der Waals surface area contributed by atoms with Gasteiger partial charge in [-0.3, -0.25) is 9.79 Å². The van der Waals surface area contributed by atoms with E-state index >= 15 is 0 Å². The van der Waals surface area contributed by atoms with Gasteiger partial charge in [0.1, 0.15) is 6.10 Å². The summed E-state index contributed by atoms with van der Waals surface area (Å²) in [5.41, 5.74) is 5.22. The van der Waals surface area contributed by atoms with Gasteiger partial charge in [0.05, 0.1) is 25.5 Å². The quantitative estimate of drug-likeness (QED) is 0.449. The smallest absolute Gasteiger partial charge is 0.195 e. The molecule has 1 unspecified atom stereocenters. The molecule has 1 fully saturated rings. The fraction of sp³-hybridized carbons (Fsp3) is 0.310. The molecule has 3 aromatic rings. The molecule has 0 spiro atoms. The standard InChI is InChI=1S/C29H29NO4S/c1-3-34-26-15-21-22(16-25(26)33-2)27(30-24-13-14-35-17-23(21)24)18-9-11-20(12-10-18)29(32)28(31)19-7-5-4-6-8-19/h4-12,15-16,23-24,28,31H,3,13-14,17H2,1-2H3/t23-,24-,28?/m1/s1. The van der Waals surface area contributed by atoms with Gasteiger partial charge in [-0.25, -0.2) is 0 Å². The molecular weight excluding hydrogens is 458 g/mol. The molecule has 0 bridgehead atoms. The van der Waals surface area contributed by atoms with E-state index in [0.717, 1.165) is 40.5 Å². The van der Waals surface area contributed by atoms with Crippen molar-refractivity contribution in [2.24, 2.45) is 4.99 Å². The summed E-state index contributed by atoms with van der Waals surface area (Å²) in [4.78, 5) is 18.1. The second-order valence-electron chi connectivity index (χ2n) is 8.79. The van der Waals surface area contributed by atoms with Crippen LogP contribution in [-0.2, 0) is 0 Å². The third-order valence-electron chi connectivity index (χ3n) is 6.71. The van der Waals surface area contributed by atoms with Crippen LogP contribution in [0.2, 0.25) is 0 Å². The van der Waals surface area contributed by atoms with E-state index < -0.39 is 6.10 Å². The molecule has 3 aromatic carbocycles. The van der Waals surface area contributed by atoms with Crippen LogP contribution in [0.25, 0.3) is 0 Å². The SMILES string of the molecule is CCOc1cc2c(cc1OC)C(c1ccc(C(=O)C(O)c3ccccc3)cc1)=N[C@@H]1CCSC[C@H]21. The van der Waals surface area contributed by atoms with Crippen LogP contribution in [0.15, 0.2) is 71.7 Å². The lowest BCUT2D eigenvalue weighted by molar-refractivity contribution is 0.0747. The fourth-order valence-corrected chi connectivity index (χ4v) is 6.13. The van der Waals surface area contributed by atoms with Gasteiger partial charge in [0.15, 0.2) is 17.3 Å². The summed E-state index contributed by atoms with van der Waals surface area (Å²) in [6, 6.07) is 20.8. The van der Waals surface area contributed by atoms with E-state index in [9.17, 15) is 9.90 Å². The maximum Gasteiger partial charge on any atom is 0.195 e. The molecule has 6 heteroatoms. The van der Waals surface area contributed by atoms with E-state index in [-0.39, 0.29) is 11.8 Å². The Morgan fingerprint density at radius 2 is 1.89 bits per heavy atom. The van der Waals surface area contributed by atoms with Crippen LogP contribution in [0, 0.1) is 0 Å². The number of fused-ring (bicyclic) bond motifs is 3. The second kappa shape index (κ2) is 10.3. The molecule has 0 amide bonds. The van der Waals surface area contributed by atoms with Gasteiger partial charge in [0, 0.05) is 28.4 Å². The van der Waals surface area contributed by atoms with Crippen LogP contribution in [0.4, 0.5) is 0 Å². The lowest BCUT2D eigenvalue weighted by Crippen LogP contribution is -2.31. The Bertz CT molecular complexity index is 1240. The monoisotopic (exact) mass is 487 g/mol. The minimum absolute atomic E-state index is 0.225. The number of ether oxygens (including phenoxy) is 2. The van der Waals surface area contributed by atoms with Crippen LogP contribution >= 0.6 is 11.8 Å². The maximum absolute atomic E-state index is 12.9.